The van der Waals surface area contributed by atoms with Crippen molar-refractivity contribution in [1.29, 1.82) is 0 Å². The number of ether oxygens (including phenoxy) is 1. The van der Waals surface area contributed by atoms with Crippen molar-refractivity contribution in [3.05, 3.63) is 59.7 Å². The van der Waals surface area contributed by atoms with Crippen LogP contribution in [0.4, 0.5) is 0 Å². The summed E-state index contributed by atoms with van der Waals surface area (Å²) in [7, 11) is -3.49. The molecule has 2 aromatic rings. The summed E-state index contributed by atoms with van der Waals surface area (Å²) in [6.45, 7) is 3.98. The van der Waals surface area contributed by atoms with Gasteiger partial charge in [-0.2, -0.15) is 4.31 Å². The van der Waals surface area contributed by atoms with Crippen LogP contribution in [0.1, 0.15) is 11.1 Å². The third-order valence-corrected chi connectivity index (χ3v) is 7.56. The molecule has 0 spiro atoms. The largest absolute Gasteiger partial charge is 0.379 e. The third-order valence-electron chi connectivity index (χ3n) is 4.47. The van der Waals surface area contributed by atoms with Gasteiger partial charge >= 0.3 is 0 Å². The van der Waals surface area contributed by atoms with Gasteiger partial charge in [0.25, 0.3) is 0 Å². The van der Waals surface area contributed by atoms with E-state index in [0.29, 0.717) is 38.6 Å². The molecule has 1 fully saturated rings. The normalized spacial score (nSPS) is 15.3. The van der Waals surface area contributed by atoms with E-state index >= 15 is 0 Å². The number of sulfonamides is 1. The summed E-state index contributed by atoms with van der Waals surface area (Å²) in [5.41, 5.74) is 2.01. The highest BCUT2D eigenvalue weighted by Crippen LogP contribution is 2.21. The molecule has 1 saturated heterocycles. The van der Waals surface area contributed by atoms with Gasteiger partial charge in [0.15, 0.2) is 0 Å². The van der Waals surface area contributed by atoms with Gasteiger partial charge < -0.3 is 10.1 Å². The summed E-state index contributed by atoms with van der Waals surface area (Å²) in [6.07, 6.45) is 0. The van der Waals surface area contributed by atoms with Crippen LogP contribution in [0.15, 0.2) is 58.3 Å². The van der Waals surface area contributed by atoms with Crippen LogP contribution in [-0.2, 0) is 26.1 Å². The summed E-state index contributed by atoms with van der Waals surface area (Å²) in [6, 6.07) is 14.6. The van der Waals surface area contributed by atoms with Crippen LogP contribution in [0.5, 0.6) is 0 Å². The molecule has 1 N–H and O–H groups in total. The van der Waals surface area contributed by atoms with Gasteiger partial charge in [0.2, 0.25) is 15.9 Å². The molecule has 0 aromatic heterocycles. The quantitative estimate of drug-likeness (QED) is 0.697. The molecule has 0 saturated carbocycles. The Hall–Kier alpha value is -1.87. The van der Waals surface area contributed by atoms with Gasteiger partial charge in [-0.3, -0.25) is 4.79 Å². The first kappa shape index (κ1) is 20.9. The van der Waals surface area contributed by atoms with Crippen molar-refractivity contribution in [3.8, 4) is 0 Å². The van der Waals surface area contributed by atoms with Crippen molar-refractivity contribution in [2.45, 2.75) is 23.3 Å². The number of nitrogens with zero attached hydrogens (tertiary/aromatic N) is 1. The Morgan fingerprint density at radius 1 is 1.11 bits per heavy atom. The Morgan fingerprint density at radius 3 is 2.46 bits per heavy atom. The van der Waals surface area contributed by atoms with Crippen LogP contribution in [0, 0.1) is 6.92 Å². The molecule has 2 aromatic carbocycles. The average molecular weight is 421 g/mol. The average Bonchev–Trinajstić information content (AvgIpc) is 2.72. The van der Waals surface area contributed by atoms with Gasteiger partial charge in [0.05, 0.1) is 23.9 Å². The maximum absolute atomic E-state index is 12.6. The smallest absolute Gasteiger partial charge is 0.243 e. The minimum Gasteiger partial charge on any atom is -0.379 e. The lowest BCUT2D eigenvalue weighted by molar-refractivity contribution is -0.118. The van der Waals surface area contributed by atoms with Crippen LogP contribution >= 0.6 is 11.8 Å². The van der Waals surface area contributed by atoms with E-state index in [1.54, 1.807) is 24.3 Å². The lowest BCUT2D eigenvalue weighted by atomic mass is 10.2. The monoisotopic (exact) mass is 420 g/mol. The molecule has 0 atom stereocenters. The summed E-state index contributed by atoms with van der Waals surface area (Å²) in [5.74, 6) is 0.284. The highest BCUT2D eigenvalue weighted by atomic mass is 32.2. The van der Waals surface area contributed by atoms with Crippen molar-refractivity contribution >= 4 is 27.7 Å². The van der Waals surface area contributed by atoms with Gasteiger partial charge in [-0.1, -0.05) is 30.3 Å². The minimum atomic E-state index is -3.49. The standard InChI is InChI=1S/C20H24N2O4S2/c1-16-4-2-3-5-19(16)27-15-20(23)21-14-17-6-8-18(9-7-17)28(24,25)22-10-12-26-13-11-22/h2-9H,10-15H2,1H3,(H,21,23). The molecule has 8 heteroatoms. The van der Waals surface area contributed by atoms with Crippen LogP contribution in [0.25, 0.3) is 0 Å². The summed E-state index contributed by atoms with van der Waals surface area (Å²) < 4.78 is 31.9. The molecular formula is C20H24N2O4S2. The van der Waals surface area contributed by atoms with Gasteiger partial charge in [0.1, 0.15) is 0 Å². The number of nitrogens with one attached hydrogen (secondary N) is 1. The second-order valence-electron chi connectivity index (χ2n) is 6.49. The van der Waals surface area contributed by atoms with Crippen molar-refractivity contribution in [2.24, 2.45) is 0 Å². The van der Waals surface area contributed by atoms with Gasteiger partial charge in [-0.15, -0.1) is 11.8 Å². The highest BCUT2D eigenvalue weighted by Gasteiger charge is 2.26. The maximum atomic E-state index is 12.6. The number of morpholine rings is 1. The molecule has 3 rings (SSSR count). The fourth-order valence-corrected chi connectivity index (χ4v) is 5.10. The van der Waals surface area contributed by atoms with E-state index < -0.39 is 10.0 Å². The molecule has 28 heavy (non-hydrogen) atoms. The maximum Gasteiger partial charge on any atom is 0.243 e. The number of benzene rings is 2. The van der Waals surface area contributed by atoms with Gasteiger partial charge in [-0.05, 0) is 36.2 Å². The molecular weight excluding hydrogens is 396 g/mol. The molecule has 0 aliphatic carbocycles. The molecule has 0 bridgehead atoms. The van der Waals surface area contributed by atoms with Crippen LogP contribution in [0.2, 0.25) is 0 Å². The second kappa shape index (κ2) is 9.56. The number of rotatable bonds is 7. The zero-order chi connectivity index (χ0) is 20.0. The topological polar surface area (TPSA) is 75.7 Å². The lowest BCUT2D eigenvalue weighted by Gasteiger charge is -2.26. The fourth-order valence-electron chi connectivity index (χ4n) is 2.83. The summed E-state index contributed by atoms with van der Waals surface area (Å²) >= 11 is 1.50. The van der Waals surface area contributed by atoms with E-state index in [1.165, 1.54) is 16.1 Å². The Kier molecular flexibility index (Phi) is 7.12. The summed E-state index contributed by atoms with van der Waals surface area (Å²) in [5, 5.41) is 2.87. The van der Waals surface area contributed by atoms with E-state index in [1.807, 2.05) is 31.2 Å². The van der Waals surface area contributed by atoms with E-state index in [0.717, 1.165) is 16.0 Å². The SMILES string of the molecule is Cc1ccccc1SCC(=O)NCc1ccc(S(=O)(=O)N2CCOCC2)cc1. The number of hydrogen-bond acceptors (Lipinski definition) is 5. The fraction of sp³-hybridized carbons (Fsp3) is 0.350. The van der Waals surface area contributed by atoms with E-state index in [2.05, 4.69) is 5.32 Å². The Balaban J connectivity index is 1.51. The Morgan fingerprint density at radius 2 is 1.79 bits per heavy atom. The number of amides is 1. The number of carbonyl (C=O) groups excluding carboxylic acids is 1. The van der Waals surface area contributed by atoms with Crippen LogP contribution in [0.3, 0.4) is 0 Å². The number of carbonyl (C=O) groups is 1. The molecule has 0 unspecified atom stereocenters. The Labute approximate surface area is 170 Å². The number of aryl methyl sites for hydroxylation is 1. The van der Waals surface area contributed by atoms with Crippen LogP contribution in [-0.4, -0.2) is 50.7 Å². The predicted octanol–water partition coefficient (Wildman–Crippen LogP) is 2.42. The second-order valence-corrected chi connectivity index (χ2v) is 9.45. The first-order chi connectivity index (χ1) is 13.5. The summed E-state index contributed by atoms with van der Waals surface area (Å²) in [4.78, 5) is 13.4. The first-order valence-electron chi connectivity index (χ1n) is 9.09. The number of hydrogen-bond donors (Lipinski definition) is 1. The third kappa shape index (κ3) is 5.35. The molecule has 0 radical (unpaired) electrons. The van der Waals surface area contributed by atoms with Crippen molar-refractivity contribution in [3.63, 3.8) is 0 Å². The van der Waals surface area contributed by atoms with Crippen LogP contribution < -0.4 is 5.32 Å². The number of thioether (sulfide) groups is 1. The molecule has 1 heterocycles. The molecule has 1 aliphatic rings. The van der Waals surface area contributed by atoms with Crippen molar-refractivity contribution in [2.75, 3.05) is 32.1 Å². The first-order valence-corrected chi connectivity index (χ1v) is 11.5. The minimum absolute atomic E-state index is 0.0572. The molecule has 150 valence electrons. The van der Waals surface area contributed by atoms with E-state index in [-0.39, 0.29) is 10.8 Å². The van der Waals surface area contributed by atoms with E-state index in [4.69, 9.17) is 4.74 Å². The van der Waals surface area contributed by atoms with E-state index in [9.17, 15) is 13.2 Å². The van der Waals surface area contributed by atoms with Crippen molar-refractivity contribution < 1.29 is 17.9 Å². The van der Waals surface area contributed by atoms with Gasteiger partial charge in [0, 0.05) is 24.5 Å². The molecule has 6 nitrogen and oxygen atoms in total. The zero-order valence-electron chi connectivity index (χ0n) is 15.8. The Bertz CT molecular complexity index is 908. The zero-order valence-corrected chi connectivity index (χ0v) is 17.4. The van der Waals surface area contributed by atoms with Gasteiger partial charge in [-0.25, -0.2) is 8.42 Å². The molecule has 1 aliphatic heterocycles. The van der Waals surface area contributed by atoms with Crippen molar-refractivity contribution in [1.82, 2.24) is 9.62 Å². The molecule has 1 amide bonds. The predicted molar refractivity (Wildman–Crippen MR) is 110 cm³/mol. The highest BCUT2D eigenvalue weighted by molar-refractivity contribution is 8.00. The lowest BCUT2D eigenvalue weighted by Crippen LogP contribution is -2.40.